The maximum atomic E-state index is 3.62. The summed E-state index contributed by atoms with van der Waals surface area (Å²) in [4.78, 5) is 0. The molecule has 78 valence electrons. The molecule has 1 aliphatic carbocycles. The van der Waals surface area contributed by atoms with Crippen molar-refractivity contribution in [2.45, 2.75) is 45.6 Å². The van der Waals surface area contributed by atoms with Gasteiger partial charge in [0.1, 0.15) is 0 Å². The Bertz CT molecular complexity index is 123. The highest BCUT2D eigenvalue weighted by atomic mass is 32.2. The van der Waals surface area contributed by atoms with Crippen molar-refractivity contribution in [2.75, 3.05) is 18.1 Å². The Kier molecular flexibility index (Phi) is 5.88. The van der Waals surface area contributed by atoms with Crippen LogP contribution in [0.1, 0.15) is 39.5 Å². The van der Waals surface area contributed by atoms with Crippen LogP contribution in [0.4, 0.5) is 0 Å². The van der Waals surface area contributed by atoms with Crippen molar-refractivity contribution in [3.63, 3.8) is 0 Å². The lowest BCUT2D eigenvalue weighted by Crippen LogP contribution is -2.41. The van der Waals surface area contributed by atoms with Crippen molar-refractivity contribution >= 4 is 11.8 Å². The van der Waals surface area contributed by atoms with Gasteiger partial charge in [-0.1, -0.05) is 20.3 Å². The zero-order valence-electron chi connectivity index (χ0n) is 9.01. The number of nitrogens with one attached hydrogen (secondary N) is 1. The molecular weight excluding hydrogens is 178 g/mol. The summed E-state index contributed by atoms with van der Waals surface area (Å²) in [6.07, 6.45) is 5.70. The monoisotopic (exact) mass is 201 g/mol. The highest BCUT2D eigenvalue weighted by Crippen LogP contribution is 2.31. The molecule has 0 bridgehead atoms. The third-order valence-electron chi connectivity index (χ3n) is 2.83. The van der Waals surface area contributed by atoms with Gasteiger partial charge in [-0.15, -0.1) is 0 Å². The predicted molar refractivity (Wildman–Crippen MR) is 62.4 cm³/mol. The van der Waals surface area contributed by atoms with Gasteiger partial charge in [0.05, 0.1) is 0 Å². The Hall–Kier alpha value is 0.310. The number of thioether (sulfide) groups is 1. The summed E-state index contributed by atoms with van der Waals surface area (Å²) in [5.41, 5.74) is 0. The van der Waals surface area contributed by atoms with E-state index < -0.39 is 0 Å². The van der Waals surface area contributed by atoms with Crippen molar-refractivity contribution in [3.05, 3.63) is 0 Å². The van der Waals surface area contributed by atoms with Crippen LogP contribution in [0.15, 0.2) is 0 Å². The standard InChI is InChI=1S/C11H23NS/c1-3-8-13-9-11(12-4-2)10-6-5-7-10/h10-12H,3-9H2,1-2H3. The maximum Gasteiger partial charge on any atom is 0.0186 e. The minimum absolute atomic E-state index is 0.801. The minimum atomic E-state index is 0.801. The van der Waals surface area contributed by atoms with Gasteiger partial charge in [0.2, 0.25) is 0 Å². The van der Waals surface area contributed by atoms with E-state index in [2.05, 4.69) is 30.9 Å². The largest absolute Gasteiger partial charge is 0.313 e. The normalized spacial score (nSPS) is 19.8. The molecule has 1 unspecified atom stereocenters. The van der Waals surface area contributed by atoms with E-state index in [0.29, 0.717) is 0 Å². The van der Waals surface area contributed by atoms with Gasteiger partial charge in [0, 0.05) is 11.8 Å². The summed E-state index contributed by atoms with van der Waals surface area (Å²) in [5, 5.41) is 3.62. The van der Waals surface area contributed by atoms with E-state index in [0.717, 1.165) is 18.5 Å². The van der Waals surface area contributed by atoms with E-state index >= 15 is 0 Å². The lowest BCUT2D eigenvalue weighted by Gasteiger charge is -2.34. The van der Waals surface area contributed by atoms with Crippen LogP contribution in [0, 0.1) is 5.92 Å². The van der Waals surface area contributed by atoms with E-state index in [1.165, 1.54) is 37.2 Å². The highest BCUT2D eigenvalue weighted by Gasteiger charge is 2.25. The SMILES string of the molecule is CCCSCC(NCC)C1CCC1. The molecule has 0 spiro atoms. The first-order valence-corrected chi connectivity index (χ1v) is 6.85. The maximum absolute atomic E-state index is 3.62. The molecule has 1 atom stereocenters. The first kappa shape index (κ1) is 11.4. The number of rotatable bonds is 7. The Morgan fingerprint density at radius 2 is 2.15 bits per heavy atom. The fraction of sp³-hybridized carbons (Fsp3) is 1.00. The van der Waals surface area contributed by atoms with Crippen LogP contribution < -0.4 is 5.32 Å². The number of hydrogen-bond acceptors (Lipinski definition) is 2. The Morgan fingerprint density at radius 1 is 1.38 bits per heavy atom. The summed E-state index contributed by atoms with van der Waals surface area (Å²) < 4.78 is 0. The van der Waals surface area contributed by atoms with Crippen LogP contribution in [-0.4, -0.2) is 24.1 Å². The molecule has 1 aliphatic rings. The third-order valence-corrected chi connectivity index (χ3v) is 4.12. The van der Waals surface area contributed by atoms with Crippen molar-refractivity contribution in [1.29, 1.82) is 0 Å². The average Bonchev–Trinajstić information content (AvgIpc) is 2.02. The molecule has 0 aromatic heterocycles. The number of hydrogen-bond donors (Lipinski definition) is 1. The Balaban J connectivity index is 2.12. The first-order chi connectivity index (χ1) is 6.38. The summed E-state index contributed by atoms with van der Waals surface area (Å²) in [6, 6.07) is 0.801. The van der Waals surface area contributed by atoms with Gasteiger partial charge in [-0.05, 0) is 37.5 Å². The van der Waals surface area contributed by atoms with Crippen LogP contribution in [-0.2, 0) is 0 Å². The fourth-order valence-corrected chi connectivity index (χ4v) is 2.92. The molecule has 1 rings (SSSR count). The molecule has 0 aliphatic heterocycles. The van der Waals surface area contributed by atoms with Gasteiger partial charge in [0.25, 0.3) is 0 Å². The Labute approximate surface area is 87.1 Å². The summed E-state index contributed by atoms with van der Waals surface area (Å²) in [7, 11) is 0. The molecule has 0 saturated heterocycles. The van der Waals surface area contributed by atoms with Gasteiger partial charge in [0.15, 0.2) is 0 Å². The van der Waals surface area contributed by atoms with Gasteiger partial charge in [-0.2, -0.15) is 11.8 Å². The van der Waals surface area contributed by atoms with Crippen molar-refractivity contribution < 1.29 is 0 Å². The molecule has 1 nitrogen and oxygen atoms in total. The molecule has 1 saturated carbocycles. The lowest BCUT2D eigenvalue weighted by molar-refractivity contribution is 0.246. The van der Waals surface area contributed by atoms with Gasteiger partial charge < -0.3 is 5.32 Å². The molecule has 0 radical (unpaired) electrons. The second-order valence-corrected chi connectivity index (χ2v) is 5.08. The molecule has 0 aromatic carbocycles. The second kappa shape index (κ2) is 6.72. The average molecular weight is 201 g/mol. The third kappa shape index (κ3) is 3.90. The first-order valence-electron chi connectivity index (χ1n) is 5.69. The molecule has 13 heavy (non-hydrogen) atoms. The zero-order valence-corrected chi connectivity index (χ0v) is 9.83. The van der Waals surface area contributed by atoms with Gasteiger partial charge in [-0.3, -0.25) is 0 Å². The molecule has 0 aromatic rings. The highest BCUT2D eigenvalue weighted by molar-refractivity contribution is 7.99. The van der Waals surface area contributed by atoms with Crippen LogP contribution in [0.25, 0.3) is 0 Å². The zero-order chi connectivity index (χ0) is 9.52. The molecule has 1 fully saturated rings. The van der Waals surface area contributed by atoms with E-state index in [1.807, 2.05) is 0 Å². The van der Waals surface area contributed by atoms with E-state index in [1.54, 1.807) is 0 Å². The van der Waals surface area contributed by atoms with Crippen molar-refractivity contribution in [3.8, 4) is 0 Å². The molecule has 0 heterocycles. The quantitative estimate of drug-likeness (QED) is 0.636. The van der Waals surface area contributed by atoms with Gasteiger partial charge in [-0.25, -0.2) is 0 Å². The summed E-state index contributed by atoms with van der Waals surface area (Å²) in [6.45, 7) is 5.61. The minimum Gasteiger partial charge on any atom is -0.313 e. The molecule has 1 N–H and O–H groups in total. The van der Waals surface area contributed by atoms with Crippen LogP contribution in [0.2, 0.25) is 0 Å². The topological polar surface area (TPSA) is 12.0 Å². The fourth-order valence-electron chi connectivity index (χ4n) is 1.82. The van der Waals surface area contributed by atoms with Gasteiger partial charge >= 0.3 is 0 Å². The van der Waals surface area contributed by atoms with E-state index in [4.69, 9.17) is 0 Å². The molecule has 0 amide bonds. The summed E-state index contributed by atoms with van der Waals surface area (Å²) in [5.74, 6) is 3.64. The van der Waals surface area contributed by atoms with E-state index in [9.17, 15) is 0 Å². The van der Waals surface area contributed by atoms with E-state index in [-0.39, 0.29) is 0 Å². The molecule has 2 heteroatoms. The smallest absolute Gasteiger partial charge is 0.0186 e. The van der Waals surface area contributed by atoms with Crippen LogP contribution >= 0.6 is 11.8 Å². The van der Waals surface area contributed by atoms with Crippen molar-refractivity contribution in [1.82, 2.24) is 5.32 Å². The predicted octanol–water partition coefficient (Wildman–Crippen LogP) is 2.91. The molecular formula is C11H23NS. The van der Waals surface area contributed by atoms with Crippen LogP contribution in [0.5, 0.6) is 0 Å². The van der Waals surface area contributed by atoms with Crippen molar-refractivity contribution in [2.24, 2.45) is 5.92 Å². The van der Waals surface area contributed by atoms with Crippen LogP contribution in [0.3, 0.4) is 0 Å². The summed E-state index contributed by atoms with van der Waals surface area (Å²) >= 11 is 2.12. The second-order valence-electron chi connectivity index (χ2n) is 3.93. The lowest BCUT2D eigenvalue weighted by atomic mass is 9.80. The Morgan fingerprint density at radius 3 is 2.62 bits per heavy atom.